The summed E-state index contributed by atoms with van der Waals surface area (Å²) in [5, 5.41) is 2.65. The first-order chi connectivity index (χ1) is 14.4. The van der Waals surface area contributed by atoms with Gasteiger partial charge in [0.1, 0.15) is 0 Å². The van der Waals surface area contributed by atoms with E-state index >= 15 is 0 Å². The van der Waals surface area contributed by atoms with E-state index in [1.165, 1.54) is 30.5 Å². The molecule has 158 valence electrons. The highest BCUT2D eigenvalue weighted by molar-refractivity contribution is 7.92. The Labute approximate surface area is 174 Å². The zero-order valence-corrected chi connectivity index (χ0v) is 17.4. The highest BCUT2D eigenvalue weighted by Gasteiger charge is 2.18. The summed E-state index contributed by atoms with van der Waals surface area (Å²) in [7, 11) is -3.89. The van der Waals surface area contributed by atoms with Crippen molar-refractivity contribution in [2.24, 2.45) is 0 Å². The van der Waals surface area contributed by atoms with Crippen LogP contribution in [0.25, 0.3) is 0 Å². The second-order valence-electron chi connectivity index (χ2n) is 6.09. The van der Waals surface area contributed by atoms with Crippen molar-refractivity contribution in [1.82, 2.24) is 0 Å². The van der Waals surface area contributed by atoms with E-state index in [9.17, 15) is 13.2 Å². The second-order valence-corrected chi connectivity index (χ2v) is 7.77. The fourth-order valence-corrected chi connectivity index (χ4v) is 3.74. The van der Waals surface area contributed by atoms with Crippen LogP contribution in [-0.2, 0) is 10.0 Å². The summed E-state index contributed by atoms with van der Waals surface area (Å²) in [6, 6.07) is 13.9. The summed E-state index contributed by atoms with van der Waals surface area (Å²) in [6.07, 6.45) is 1.40. The zero-order valence-electron chi connectivity index (χ0n) is 16.5. The second kappa shape index (κ2) is 9.36. The molecule has 9 heteroatoms. The van der Waals surface area contributed by atoms with Gasteiger partial charge in [-0.15, -0.1) is 0 Å². The van der Waals surface area contributed by atoms with Gasteiger partial charge in [-0.1, -0.05) is 6.07 Å². The standard InChI is InChI=1S/C21H22N2O6S/c1-3-27-18-11-10-17(14-20(18)28-4-2)30(25,26)23-16-8-5-7-15(13-16)22-21(24)19-9-6-12-29-19/h5-14,23H,3-4H2,1-2H3,(H,22,24). The lowest BCUT2D eigenvalue weighted by atomic mass is 10.3. The third-order valence-electron chi connectivity index (χ3n) is 3.94. The van der Waals surface area contributed by atoms with E-state index in [0.717, 1.165) is 0 Å². The van der Waals surface area contributed by atoms with Gasteiger partial charge < -0.3 is 19.2 Å². The maximum Gasteiger partial charge on any atom is 0.291 e. The molecule has 1 amide bonds. The van der Waals surface area contributed by atoms with E-state index in [1.54, 1.807) is 37.3 Å². The molecule has 0 saturated heterocycles. The fourth-order valence-electron chi connectivity index (χ4n) is 2.67. The van der Waals surface area contributed by atoms with Crippen molar-refractivity contribution >= 4 is 27.3 Å². The molecule has 0 aliphatic heterocycles. The molecule has 2 N–H and O–H groups in total. The first kappa shape index (κ1) is 21.3. The summed E-state index contributed by atoms with van der Waals surface area (Å²) in [4.78, 5) is 12.1. The van der Waals surface area contributed by atoms with E-state index in [1.807, 2.05) is 6.92 Å². The first-order valence-electron chi connectivity index (χ1n) is 9.30. The van der Waals surface area contributed by atoms with Crippen molar-refractivity contribution in [3.63, 3.8) is 0 Å². The van der Waals surface area contributed by atoms with Gasteiger partial charge in [0.25, 0.3) is 15.9 Å². The number of rotatable bonds is 9. The Kier molecular flexibility index (Phi) is 6.63. The number of hydrogen-bond donors (Lipinski definition) is 2. The lowest BCUT2D eigenvalue weighted by molar-refractivity contribution is 0.0996. The van der Waals surface area contributed by atoms with Gasteiger partial charge in [0.2, 0.25) is 0 Å². The molecule has 8 nitrogen and oxygen atoms in total. The van der Waals surface area contributed by atoms with E-state index in [4.69, 9.17) is 13.9 Å². The highest BCUT2D eigenvalue weighted by atomic mass is 32.2. The van der Waals surface area contributed by atoms with E-state index in [-0.39, 0.29) is 10.7 Å². The Bertz CT molecular complexity index is 1110. The average Bonchev–Trinajstić information content (AvgIpc) is 3.24. The molecule has 0 fully saturated rings. The number of nitrogens with one attached hydrogen (secondary N) is 2. The largest absolute Gasteiger partial charge is 0.490 e. The van der Waals surface area contributed by atoms with Gasteiger partial charge in [0.15, 0.2) is 17.3 Å². The quantitative estimate of drug-likeness (QED) is 0.529. The number of hydrogen-bond acceptors (Lipinski definition) is 6. The van der Waals surface area contributed by atoms with Crippen molar-refractivity contribution < 1.29 is 27.1 Å². The fraction of sp³-hybridized carbons (Fsp3) is 0.190. The molecule has 0 atom stereocenters. The van der Waals surface area contributed by atoms with Crippen LogP contribution in [0.4, 0.5) is 11.4 Å². The van der Waals surface area contributed by atoms with Crippen LogP contribution in [0.1, 0.15) is 24.4 Å². The normalized spacial score (nSPS) is 11.0. The number of sulfonamides is 1. The molecule has 0 bridgehead atoms. The molecular formula is C21H22N2O6S. The number of ether oxygens (including phenoxy) is 2. The molecule has 0 aliphatic rings. The van der Waals surface area contributed by atoms with Crippen LogP contribution >= 0.6 is 0 Å². The molecule has 1 aromatic heterocycles. The van der Waals surface area contributed by atoms with Gasteiger partial charge in [-0.05, 0) is 56.3 Å². The van der Waals surface area contributed by atoms with Crippen LogP contribution in [0.15, 0.2) is 70.2 Å². The minimum atomic E-state index is -3.89. The van der Waals surface area contributed by atoms with Gasteiger partial charge >= 0.3 is 0 Å². The van der Waals surface area contributed by atoms with Crippen molar-refractivity contribution in [2.45, 2.75) is 18.7 Å². The number of anilines is 2. The molecule has 3 rings (SSSR count). The third kappa shape index (κ3) is 5.12. The number of carbonyl (C=O) groups is 1. The van der Waals surface area contributed by atoms with E-state index in [2.05, 4.69) is 10.0 Å². The van der Waals surface area contributed by atoms with Gasteiger partial charge in [0.05, 0.1) is 30.1 Å². The lowest BCUT2D eigenvalue weighted by Gasteiger charge is -2.14. The molecular weight excluding hydrogens is 408 g/mol. The van der Waals surface area contributed by atoms with Gasteiger partial charge in [-0.25, -0.2) is 8.42 Å². The molecule has 3 aromatic rings. The molecule has 1 heterocycles. The van der Waals surface area contributed by atoms with Gasteiger partial charge in [-0.2, -0.15) is 0 Å². The Morgan fingerprint density at radius 1 is 0.933 bits per heavy atom. The predicted octanol–water partition coefficient (Wildman–Crippen LogP) is 4.13. The number of furan rings is 1. The topological polar surface area (TPSA) is 107 Å². The van der Waals surface area contributed by atoms with Crippen LogP contribution in [0.2, 0.25) is 0 Å². The van der Waals surface area contributed by atoms with Crippen molar-refractivity contribution in [3.8, 4) is 11.5 Å². The Morgan fingerprint density at radius 3 is 2.37 bits per heavy atom. The van der Waals surface area contributed by atoms with Crippen molar-refractivity contribution in [1.29, 1.82) is 0 Å². The van der Waals surface area contributed by atoms with Gasteiger partial charge in [-0.3, -0.25) is 9.52 Å². The zero-order chi connectivity index (χ0) is 21.6. The van der Waals surface area contributed by atoms with E-state index in [0.29, 0.717) is 36.1 Å². The van der Waals surface area contributed by atoms with Crippen molar-refractivity contribution in [3.05, 3.63) is 66.6 Å². The van der Waals surface area contributed by atoms with Crippen LogP contribution in [0.5, 0.6) is 11.5 Å². The Balaban J connectivity index is 1.80. The third-order valence-corrected chi connectivity index (χ3v) is 5.32. The number of amides is 1. The molecule has 0 saturated carbocycles. The monoisotopic (exact) mass is 430 g/mol. The summed E-state index contributed by atoms with van der Waals surface area (Å²) in [5.74, 6) is 0.536. The summed E-state index contributed by atoms with van der Waals surface area (Å²) in [5.41, 5.74) is 0.706. The van der Waals surface area contributed by atoms with Crippen LogP contribution < -0.4 is 19.5 Å². The lowest BCUT2D eigenvalue weighted by Crippen LogP contribution is -2.14. The molecule has 0 unspecified atom stereocenters. The predicted molar refractivity (Wildman–Crippen MR) is 113 cm³/mol. The summed E-state index contributed by atoms with van der Waals surface area (Å²) in [6.45, 7) is 4.44. The number of carbonyl (C=O) groups excluding carboxylic acids is 1. The summed E-state index contributed by atoms with van der Waals surface area (Å²) < 4.78 is 44.2. The first-order valence-corrected chi connectivity index (χ1v) is 10.8. The average molecular weight is 430 g/mol. The SMILES string of the molecule is CCOc1ccc(S(=O)(=O)Nc2cccc(NC(=O)c3ccco3)c2)cc1OCC. The smallest absolute Gasteiger partial charge is 0.291 e. The Hall–Kier alpha value is -3.46. The van der Waals surface area contributed by atoms with E-state index < -0.39 is 15.9 Å². The van der Waals surface area contributed by atoms with Crippen LogP contribution in [-0.4, -0.2) is 27.5 Å². The highest BCUT2D eigenvalue weighted by Crippen LogP contribution is 2.31. The summed E-state index contributed by atoms with van der Waals surface area (Å²) >= 11 is 0. The Morgan fingerprint density at radius 2 is 1.67 bits per heavy atom. The van der Waals surface area contributed by atoms with Gasteiger partial charge in [0, 0.05) is 11.8 Å². The molecule has 0 spiro atoms. The molecule has 2 aromatic carbocycles. The number of benzene rings is 2. The van der Waals surface area contributed by atoms with Crippen LogP contribution in [0.3, 0.4) is 0 Å². The minimum absolute atomic E-state index is 0.0272. The van der Waals surface area contributed by atoms with Crippen LogP contribution in [0, 0.1) is 0 Å². The maximum atomic E-state index is 12.8. The molecule has 0 aliphatic carbocycles. The van der Waals surface area contributed by atoms with Crippen molar-refractivity contribution in [2.75, 3.05) is 23.3 Å². The minimum Gasteiger partial charge on any atom is -0.490 e. The molecule has 30 heavy (non-hydrogen) atoms. The molecule has 0 radical (unpaired) electrons. The maximum absolute atomic E-state index is 12.8.